The van der Waals surface area contributed by atoms with Gasteiger partial charge in [-0.05, 0) is 55.9 Å². The van der Waals surface area contributed by atoms with E-state index < -0.39 is 0 Å². The molecule has 2 N–H and O–H groups in total. The summed E-state index contributed by atoms with van der Waals surface area (Å²) in [6.07, 6.45) is 6.21. The number of rotatable bonds is 1. The van der Waals surface area contributed by atoms with Crippen LogP contribution in [0.5, 0.6) is 0 Å². The molecule has 0 radical (unpaired) electrons. The van der Waals surface area contributed by atoms with Crippen LogP contribution in [0.2, 0.25) is 0 Å². The molecule has 0 unspecified atom stereocenters. The average molecular weight is 217 g/mol. The molecule has 0 spiro atoms. The van der Waals surface area contributed by atoms with Crippen molar-refractivity contribution in [1.82, 2.24) is 0 Å². The molecule has 1 aromatic carbocycles. The molecule has 1 aromatic rings. The maximum absolute atomic E-state index is 6.57. The molecule has 1 heteroatoms. The van der Waals surface area contributed by atoms with Gasteiger partial charge in [-0.2, -0.15) is 0 Å². The van der Waals surface area contributed by atoms with Gasteiger partial charge in [0.15, 0.2) is 0 Å². The van der Waals surface area contributed by atoms with Crippen molar-refractivity contribution in [3.05, 3.63) is 34.4 Å². The van der Waals surface area contributed by atoms with Crippen LogP contribution in [-0.4, -0.2) is 0 Å². The fraction of sp³-hybridized carbons (Fsp3) is 0.600. The van der Waals surface area contributed by atoms with Gasteiger partial charge in [0.25, 0.3) is 0 Å². The van der Waals surface area contributed by atoms with Crippen LogP contribution in [-0.2, 0) is 5.54 Å². The van der Waals surface area contributed by atoms with Gasteiger partial charge in [0, 0.05) is 5.54 Å². The Balaban J connectivity index is 2.39. The third-order valence-corrected chi connectivity index (χ3v) is 4.25. The fourth-order valence-electron chi connectivity index (χ4n) is 2.79. The van der Waals surface area contributed by atoms with Crippen molar-refractivity contribution in [2.75, 3.05) is 0 Å². The molecular formula is C15H23N. The highest BCUT2D eigenvalue weighted by molar-refractivity contribution is 5.40. The maximum Gasteiger partial charge on any atom is 0.0409 e. The second kappa shape index (κ2) is 4.21. The Hall–Kier alpha value is -0.820. The summed E-state index contributed by atoms with van der Waals surface area (Å²) in [5, 5.41) is 0. The lowest BCUT2D eigenvalue weighted by atomic mass is 9.76. The monoisotopic (exact) mass is 217 g/mol. The molecule has 0 bridgehead atoms. The van der Waals surface area contributed by atoms with E-state index in [4.69, 9.17) is 5.73 Å². The molecule has 1 fully saturated rings. The van der Waals surface area contributed by atoms with Crippen molar-refractivity contribution in [3.63, 3.8) is 0 Å². The summed E-state index contributed by atoms with van der Waals surface area (Å²) in [5.74, 6) is 0. The molecule has 88 valence electrons. The Morgan fingerprint density at radius 1 is 0.938 bits per heavy atom. The van der Waals surface area contributed by atoms with Crippen LogP contribution < -0.4 is 5.73 Å². The lowest BCUT2D eigenvalue weighted by Gasteiger charge is -2.34. The van der Waals surface area contributed by atoms with Crippen molar-refractivity contribution in [3.8, 4) is 0 Å². The smallest absolute Gasteiger partial charge is 0.0409 e. The molecule has 1 aliphatic rings. The van der Waals surface area contributed by atoms with Crippen molar-refractivity contribution in [2.45, 2.75) is 58.4 Å². The van der Waals surface area contributed by atoms with Gasteiger partial charge in [-0.25, -0.2) is 0 Å². The van der Waals surface area contributed by atoms with Crippen LogP contribution in [0.25, 0.3) is 0 Å². The number of aryl methyl sites for hydroxylation is 2. The Labute approximate surface area is 99.0 Å². The topological polar surface area (TPSA) is 26.0 Å². The Bertz CT molecular complexity index is 363. The first kappa shape index (κ1) is 11.7. The predicted molar refractivity (Wildman–Crippen MR) is 69.6 cm³/mol. The van der Waals surface area contributed by atoms with E-state index in [1.54, 1.807) is 0 Å². The molecule has 1 saturated carbocycles. The van der Waals surface area contributed by atoms with Crippen LogP contribution in [0.1, 0.15) is 54.4 Å². The minimum atomic E-state index is -0.0541. The van der Waals surface area contributed by atoms with E-state index in [-0.39, 0.29) is 5.54 Å². The Kier molecular flexibility index (Phi) is 3.07. The van der Waals surface area contributed by atoms with Gasteiger partial charge in [-0.1, -0.05) is 31.4 Å². The van der Waals surface area contributed by atoms with E-state index in [1.165, 1.54) is 41.5 Å². The quantitative estimate of drug-likeness (QED) is 0.762. The van der Waals surface area contributed by atoms with Gasteiger partial charge in [0.1, 0.15) is 0 Å². The van der Waals surface area contributed by atoms with Crippen molar-refractivity contribution in [2.24, 2.45) is 5.73 Å². The zero-order chi connectivity index (χ0) is 11.8. The molecular weight excluding hydrogens is 194 g/mol. The first-order valence-corrected chi connectivity index (χ1v) is 6.40. The highest BCUT2D eigenvalue weighted by atomic mass is 14.7. The summed E-state index contributed by atoms with van der Waals surface area (Å²) in [6.45, 7) is 6.58. The van der Waals surface area contributed by atoms with Crippen LogP contribution in [0.4, 0.5) is 0 Å². The molecule has 0 heterocycles. The lowest BCUT2D eigenvalue weighted by molar-refractivity contribution is 0.302. The van der Waals surface area contributed by atoms with E-state index in [2.05, 4.69) is 32.9 Å². The molecule has 1 nitrogen and oxygen atoms in total. The standard InChI is InChI=1S/C15H23N/c1-11-9-14(10-12(2)13(11)3)15(16)7-5-4-6-8-15/h9-10H,4-8,16H2,1-3H3. The molecule has 0 amide bonds. The van der Waals surface area contributed by atoms with Crippen molar-refractivity contribution in [1.29, 1.82) is 0 Å². The lowest BCUT2D eigenvalue weighted by Crippen LogP contribution is -2.38. The van der Waals surface area contributed by atoms with Gasteiger partial charge in [-0.3, -0.25) is 0 Å². The first-order valence-electron chi connectivity index (χ1n) is 6.40. The van der Waals surface area contributed by atoms with Crippen LogP contribution in [0, 0.1) is 20.8 Å². The second-order valence-electron chi connectivity index (χ2n) is 5.45. The summed E-state index contributed by atoms with van der Waals surface area (Å²) in [7, 11) is 0. The molecule has 2 rings (SSSR count). The molecule has 0 saturated heterocycles. The SMILES string of the molecule is Cc1cc(C2(N)CCCCC2)cc(C)c1C. The molecule has 0 aromatic heterocycles. The summed E-state index contributed by atoms with van der Waals surface area (Å²) in [4.78, 5) is 0. The summed E-state index contributed by atoms with van der Waals surface area (Å²) < 4.78 is 0. The number of nitrogens with two attached hydrogens (primary N) is 1. The van der Waals surface area contributed by atoms with Crippen LogP contribution >= 0.6 is 0 Å². The zero-order valence-electron chi connectivity index (χ0n) is 10.8. The van der Waals surface area contributed by atoms with Crippen LogP contribution in [0.15, 0.2) is 12.1 Å². The minimum Gasteiger partial charge on any atom is -0.321 e. The number of benzene rings is 1. The minimum absolute atomic E-state index is 0.0541. The fourth-order valence-corrected chi connectivity index (χ4v) is 2.79. The third-order valence-electron chi connectivity index (χ3n) is 4.25. The molecule has 0 aliphatic heterocycles. The normalized spacial score (nSPS) is 19.8. The van der Waals surface area contributed by atoms with E-state index in [0.29, 0.717) is 0 Å². The van der Waals surface area contributed by atoms with Crippen molar-refractivity contribution < 1.29 is 0 Å². The Morgan fingerprint density at radius 2 is 1.44 bits per heavy atom. The number of hydrogen-bond donors (Lipinski definition) is 1. The van der Waals surface area contributed by atoms with Gasteiger partial charge in [-0.15, -0.1) is 0 Å². The van der Waals surface area contributed by atoms with Gasteiger partial charge < -0.3 is 5.73 Å². The highest BCUT2D eigenvalue weighted by Crippen LogP contribution is 2.36. The average Bonchev–Trinajstić information content (AvgIpc) is 2.26. The summed E-state index contributed by atoms with van der Waals surface area (Å²) in [6, 6.07) is 4.60. The van der Waals surface area contributed by atoms with Gasteiger partial charge in [0.05, 0.1) is 0 Å². The predicted octanol–water partition coefficient (Wildman–Crippen LogP) is 3.73. The molecule has 1 aliphatic carbocycles. The van der Waals surface area contributed by atoms with E-state index in [1.807, 2.05) is 0 Å². The third kappa shape index (κ3) is 2.01. The van der Waals surface area contributed by atoms with E-state index in [9.17, 15) is 0 Å². The second-order valence-corrected chi connectivity index (χ2v) is 5.45. The summed E-state index contributed by atoms with van der Waals surface area (Å²) in [5.41, 5.74) is 12.0. The first-order chi connectivity index (χ1) is 7.53. The van der Waals surface area contributed by atoms with Gasteiger partial charge >= 0.3 is 0 Å². The van der Waals surface area contributed by atoms with E-state index in [0.717, 1.165) is 12.8 Å². The zero-order valence-corrected chi connectivity index (χ0v) is 10.8. The summed E-state index contributed by atoms with van der Waals surface area (Å²) >= 11 is 0. The molecule has 0 atom stereocenters. The largest absolute Gasteiger partial charge is 0.321 e. The maximum atomic E-state index is 6.57. The highest BCUT2D eigenvalue weighted by Gasteiger charge is 2.29. The number of hydrogen-bond acceptors (Lipinski definition) is 1. The van der Waals surface area contributed by atoms with Gasteiger partial charge in [0.2, 0.25) is 0 Å². The Morgan fingerprint density at radius 3 is 1.94 bits per heavy atom. The van der Waals surface area contributed by atoms with Crippen LogP contribution in [0.3, 0.4) is 0 Å². The van der Waals surface area contributed by atoms with Crippen molar-refractivity contribution >= 4 is 0 Å². The van der Waals surface area contributed by atoms with E-state index >= 15 is 0 Å². The molecule has 16 heavy (non-hydrogen) atoms.